The zero-order valence-electron chi connectivity index (χ0n) is 15.9. The molecule has 0 saturated heterocycles. The Bertz CT molecular complexity index is 1140. The van der Waals surface area contributed by atoms with Crippen molar-refractivity contribution < 1.29 is 22.4 Å². The Kier molecular flexibility index (Phi) is 6.74. The highest BCUT2D eigenvalue weighted by Crippen LogP contribution is 2.33. The summed E-state index contributed by atoms with van der Waals surface area (Å²) < 4.78 is 52.8. The first-order chi connectivity index (χ1) is 14.6. The van der Waals surface area contributed by atoms with E-state index in [0.29, 0.717) is 22.8 Å². The van der Waals surface area contributed by atoms with E-state index in [0.717, 1.165) is 11.6 Å². The minimum Gasteiger partial charge on any atom is -0.326 e. The van der Waals surface area contributed by atoms with Crippen LogP contribution in [0.25, 0.3) is 11.3 Å². The van der Waals surface area contributed by atoms with Crippen LogP contribution < -0.4 is 10.9 Å². The van der Waals surface area contributed by atoms with Gasteiger partial charge < -0.3 is 5.32 Å². The zero-order valence-corrected chi connectivity index (χ0v) is 16.7. The lowest BCUT2D eigenvalue weighted by Gasteiger charge is -2.11. The molecule has 3 aromatic rings. The van der Waals surface area contributed by atoms with Gasteiger partial charge in [-0.15, -0.1) is 0 Å². The predicted molar refractivity (Wildman–Crippen MR) is 108 cm³/mol. The van der Waals surface area contributed by atoms with Gasteiger partial charge in [0.2, 0.25) is 5.91 Å². The van der Waals surface area contributed by atoms with Gasteiger partial charge in [-0.2, -0.15) is 18.3 Å². The Balaban J connectivity index is 1.61. The molecule has 1 amide bonds. The fourth-order valence-electron chi connectivity index (χ4n) is 2.82. The van der Waals surface area contributed by atoms with Gasteiger partial charge in [0.15, 0.2) is 0 Å². The van der Waals surface area contributed by atoms with Crippen molar-refractivity contribution in [2.75, 3.05) is 5.32 Å². The molecule has 0 bridgehead atoms. The number of nitrogens with one attached hydrogen (secondary N) is 1. The number of halogens is 5. The molecule has 10 heteroatoms. The molecule has 2 aromatic carbocycles. The van der Waals surface area contributed by atoms with E-state index in [1.807, 2.05) is 0 Å². The minimum atomic E-state index is -4.87. The predicted octanol–water partition coefficient (Wildman–Crippen LogP) is 5.14. The number of carbonyl (C=O) groups excluding carboxylic acids is 1. The van der Waals surface area contributed by atoms with Gasteiger partial charge >= 0.3 is 6.18 Å². The highest BCUT2D eigenvalue weighted by molar-refractivity contribution is 6.30. The second kappa shape index (κ2) is 9.30. The topological polar surface area (TPSA) is 64.0 Å². The molecule has 0 fully saturated rings. The fourth-order valence-corrected chi connectivity index (χ4v) is 2.94. The zero-order chi connectivity index (χ0) is 22.6. The molecule has 1 aromatic heterocycles. The molecule has 0 radical (unpaired) electrons. The van der Waals surface area contributed by atoms with Gasteiger partial charge in [-0.3, -0.25) is 9.59 Å². The third-order valence-corrected chi connectivity index (χ3v) is 4.59. The maximum absolute atomic E-state index is 13.3. The summed E-state index contributed by atoms with van der Waals surface area (Å²) in [6.07, 6.45) is -4.72. The van der Waals surface area contributed by atoms with Gasteiger partial charge in [-0.25, -0.2) is 9.07 Å². The van der Waals surface area contributed by atoms with Crippen LogP contribution in [0.15, 0.2) is 59.4 Å². The number of hydrogen-bond donors (Lipinski definition) is 1. The number of carbonyl (C=O) groups is 1. The first-order valence-corrected chi connectivity index (χ1v) is 9.52. The van der Waals surface area contributed by atoms with Gasteiger partial charge in [0.25, 0.3) is 5.56 Å². The Morgan fingerprint density at radius 3 is 2.45 bits per heavy atom. The summed E-state index contributed by atoms with van der Waals surface area (Å²) >= 11 is 5.86. The molecule has 0 aliphatic carbocycles. The lowest BCUT2D eigenvalue weighted by molar-refractivity contribution is -0.140. The molecule has 0 aliphatic rings. The molecule has 1 heterocycles. The Morgan fingerprint density at radius 2 is 1.77 bits per heavy atom. The summed E-state index contributed by atoms with van der Waals surface area (Å²) in [5.74, 6) is -1.99. The molecule has 31 heavy (non-hydrogen) atoms. The van der Waals surface area contributed by atoms with E-state index in [1.165, 1.54) is 10.7 Å². The van der Waals surface area contributed by atoms with Crippen molar-refractivity contribution >= 4 is 23.2 Å². The van der Waals surface area contributed by atoms with Crippen molar-refractivity contribution in [3.05, 3.63) is 81.4 Å². The lowest BCUT2D eigenvalue weighted by atomic mass is 10.1. The second-order valence-corrected chi connectivity index (χ2v) is 7.07. The third-order valence-electron chi connectivity index (χ3n) is 4.34. The van der Waals surface area contributed by atoms with Crippen LogP contribution in [0.2, 0.25) is 5.02 Å². The minimum absolute atomic E-state index is 0.0714. The number of amides is 1. The van der Waals surface area contributed by atoms with Crippen LogP contribution in [0.1, 0.15) is 18.4 Å². The number of benzene rings is 2. The van der Waals surface area contributed by atoms with E-state index in [1.54, 1.807) is 30.3 Å². The molecule has 0 aliphatic heterocycles. The SMILES string of the molecule is O=C(CCCn1nc(-c2ccc(Cl)cc2)ccc1=O)Nc1ccc(F)c(C(F)(F)F)c1. The summed E-state index contributed by atoms with van der Waals surface area (Å²) in [4.78, 5) is 24.1. The first-order valence-electron chi connectivity index (χ1n) is 9.14. The molecule has 0 unspecified atom stereocenters. The van der Waals surface area contributed by atoms with Gasteiger partial charge in [-0.1, -0.05) is 23.7 Å². The Morgan fingerprint density at radius 1 is 1.06 bits per heavy atom. The van der Waals surface area contributed by atoms with E-state index in [-0.39, 0.29) is 30.6 Å². The van der Waals surface area contributed by atoms with Gasteiger partial charge in [-0.05, 0) is 42.8 Å². The van der Waals surface area contributed by atoms with Crippen molar-refractivity contribution in [3.63, 3.8) is 0 Å². The quantitative estimate of drug-likeness (QED) is 0.526. The maximum atomic E-state index is 13.3. The number of anilines is 1. The number of aryl methyl sites for hydroxylation is 1. The summed E-state index contributed by atoms with van der Waals surface area (Å²) in [6.45, 7) is 0.130. The van der Waals surface area contributed by atoms with Crippen molar-refractivity contribution in [2.24, 2.45) is 0 Å². The molecule has 1 N–H and O–H groups in total. The molecular formula is C21H16ClF4N3O2. The number of nitrogens with zero attached hydrogens (tertiary/aromatic N) is 2. The summed E-state index contributed by atoms with van der Waals surface area (Å²) in [6, 6.07) is 12.0. The van der Waals surface area contributed by atoms with E-state index >= 15 is 0 Å². The Hall–Kier alpha value is -3.20. The number of hydrogen-bond acceptors (Lipinski definition) is 3. The fraction of sp³-hybridized carbons (Fsp3) is 0.190. The highest BCUT2D eigenvalue weighted by atomic mass is 35.5. The average Bonchev–Trinajstić information content (AvgIpc) is 2.70. The van der Waals surface area contributed by atoms with Crippen LogP contribution >= 0.6 is 11.6 Å². The van der Waals surface area contributed by atoms with Crippen molar-refractivity contribution in [1.82, 2.24) is 9.78 Å². The van der Waals surface area contributed by atoms with Gasteiger partial charge in [0.1, 0.15) is 5.82 Å². The highest BCUT2D eigenvalue weighted by Gasteiger charge is 2.34. The third kappa shape index (κ3) is 5.91. The normalized spacial score (nSPS) is 11.4. The van der Waals surface area contributed by atoms with E-state index < -0.39 is 23.5 Å². The molecule has 0 atom stereocenters. The lowest BCUT2D eigenvalue weighted by Crippen LogP contribution is -2.23. The van der Waals surface area contributed by atoms with Crippen LogP contribution in [0, 0.1) is 5.82 Å². The molecule has 0 saturated carbocycles. The second-order valence-electron chi connectivity index (χ2n) is 6.63. The van der Waals surface area contributed by atoms with Gasteiger partial charge in [0, 0.05) is 35.3 Å². The molecule has 3 rings (SSSR count). The molecule has 162 valence electrons. The van der Waals surface area contributed by atoms with Crippen LogP contribution in [-0.4, -0.2) is 15.7 Å². The van der Waals surface area contributed by atoms with Crippen LogP contribution in [0.3, 0.4) is 0 Å². The van der Waals surface area contributed by atoms with Crippen LogP contribution in [-0.2, 0) is 17.5 Å². The first kappa shape index (κ1) is 22.5. The standard InChI is InChI=1S/C21H16ClF4N3O2/c22-14-5-3-13(4-6-14)18-9-10-20(31)29(28-18)11-1-2-19(30)27-15-7-8-17(23)16(12-15)21(24,25)26/h3-10,12H,1-2,11H2,(H,27,30). The van der Waals surface area contributed by atoms with Gasteiger partial charge in [0.05, 0.1) is 11.3 Å². The van der Waals surface area contributed by atoms with Crippen molar-refractivity contribution in [1.29, 1.82) is 0 Å². The van der Waals surface area contributed by atoms with E-state index in [2.05, 4.69) is 10.4 Å². The molecular weight excluding hydrogens is 438 g/mol. The van der Waals surface area contributed by atoms with Crippen LogP contribution in [0.5, 0.6) is 0 Å². The number of rotatable bonds is 6. The monoisotopic (exact) mass is 453 g/mol. The number of aromatic nitrogens is 2. The van der Waals surface area contributed by atoms with Crippen LogP contribution in [0.4, 0.5) is 23.2 Å². The smallest absolute Gasteiger partial charge is 0.326 e. The molecule has 0 spiro atoms. The average molecular weight is 454 g/mol. The Labute approximate surface area is 179 Å². The van der Waals surface area contributed by atoms with Crippen molar-refractivity contribution in [2.45, 2.75) is 25.6 Å². The van der Waals surface area contributed by atoms with Crippen molar-refractivity contribution in [3.8, 4) is 11.3 Å². The van der Waals surface area contributed by atoms with E-state index in [9.17, 15) is 27.2 Å². The maximum Gasteiger partial charge on any atom is 0.419 e. The summed E-state index contributed by atoms with van der Waals surface area (Å²) in [5.41, 5.74) is -0.676. The largest absolute Gasteiger partial charge is 0.419 e. The van der Waals surface area contributed by atoms with E-state index in [4.69, 9.17) is 11.6 Å². The summed E-state index contributed by atoms with van der Waals surface area (Å²) in [5, 5.41) is 7.12. The molecule has 5 nitrogen and oxygen atoms in total. The number of alkyl halides is 3. The summed E-state index contributed by atoms with van der Waals surface area (Å²) in [7, 11) is 0.